The molecule has 3 aromatic rings. The second-order valence-electron chi connectivity index (χ2n) is 14.1. The number of amides is 1. The smallest absolute Gasteiger partial charge is 0.410 e. The number of benzene rings is 2. The van der Waals surface area contributed by atoms with Gasteiger partial charge in [-0.25, -0.2) is 9.78 Å². The highest BCUT2D eigenvalue weighted by atomic mass is 32.2. The van der Waals surface area contributed by atoms with Crippen molar-refractivity contribution in [2.24, 2.45) is 5.92 Å². The van der Waals surface area contributed by atoms with E-state index in [1.165, 1.54) is 12.0 Å². The summed E-state index contributed by atoms with van der Waals surface area (Å²) in [7, 11) is 2.47. The van der Waals surface area contributed by atoms with Crippen molar-refractivity contribution >= 4 is 16.2 Å². The van der Waals surface area contributed by atoms with Crippen LogP contribution in [0.4, 0.5) is 4.79 Å². The van der Waals surface area contributed by atoms with Crippen molar-refractivity contribution in [2.45, 2.75) is 83.6 Å². The van der Waals surface area contributed by atoms with Crippen molar-refractivity contribution in [3.8, 4) is 0 Å². The topological polar surface area (TPSA) is 130 Å². The Kier molecular flexibility index (Phi) is 12.6. The second-order valence-corrected chi connectivity index (χ2v) is 15.5. The highest BCUT2D eigenvalue weighted by molar-refractivity contribution is 7.85. The average molecular weight is 659 g/mol. The van der Waals surface area contributed by atoms with Crippen molar-refractivity contribution in [2.75, 3.05) is 33.9 Å². The van der Waals surface area contributed by atoms with Crippen LogP contribution in [0, 0.1) is 5.92 Å². The Labute approximate surface area is 274 Å². The minimum Gasteiger partial charge on any atom is -0.444 e. The molecule has 0 bridgehead atoms. The average Bonchev–Trinajstić information content (AvgIpc) is 3.44. The van der Waals surface area contributed by atoms with Crippen LogP contribution < -0.4 is 0 Å². The number of oxazole rings is 1. The molecule has 1 atom stereocenters. The number of hydrogen-bond acceptors (Lipinski definition) is 7. The number of quaternary nitrogens is 1. The van der Waals surface area contributed by atoms with Crippen LogP contribution in [-0.2, 0) is 40.0 Å². The van der Waals surface area contributed by atoms with Gasteiger partial charge in [0, 0.05) is 25.9 Å². The van der Waals surface area contributed by atoms with Gasteiger partial charge < -0.3 is 23.6 Å². The first-order valence-corrected chi connectivity index (χ1v) is 17.7. The lowest BCUT2D eigenvalue weighted by molar-refractivity contribution is -0.904. The predicted molar refractivity (Wildman–Crippen MR) is 179 cm³/mol. The summed E-state index contributed by atoms with van der Waals surface area (Å²) in [5, 5.41) is 12.1. The van der Waals surface area contributed by atoms with Gasteiger partial charge in [0.05, 0.1) is 33.1 Å². The summed E-state index contributed by atoms with van der Waals surface area (Å²) in [4.78, 5) is 18.5. The number of carbonyl (C=O) groups excluding carboxylic acids is 1. The van der Waals surface area contributed by atoms with Gasteiger partial charge in [-0.15, -0.1) is 0 Å². The molecule has 1 unspecified atom stereocenters. The molecule has 2 N–H and O–H groups in total. The number of aromatic nitrogens is 1. The number of hydrogen-bond donors (Lipinski definition) is 2. The Hall–Kier alpha value is -3.25. The SMILES string of the molecule is CN(Cc1ccc(CC[N+](C)(C)Cc2cnc(C(O)(c3ccccc3)C3CCCCC3)o2)cc1)C(=O)OC(C)(C)C.CS(=O)(=O)O. The highest BCUT2D eigenvalue weighted by Gasteiger charge is 2.44. The fourth-order valence-corrected chi connectivity index (χ4v) is 5.73. The van der Waals surface area contributed by atoms with Gasteiger partial charge in [-0.05, 0) is 50.3 Å². The van der Waals surface area contributed by atoms with Crippen LogP contribution >= 0.6 is 0 Å². The highest BCUT2D eigenvalue weighted by Crippen LogP contribution is 2.43. The minimum atomic E-state index is -3.67. The van der Waals surface area contributed by atoms with Crippen LogP contribution in [0.15, 0.2) is 65.2 Å². The van der Waals surface area contributed by atoms with Gasteiger partial charge in [0.2, 0.25) is 5.89 Å². The standard InChI is InChI=1S/C34H48N3O4.CH4O3S/c1-33(2,3)41-32(38)36(4)24-27-19-17-26(18-20-27)21-22-37(5,6)25-30-23-35-31(40-30)34(39,28-13-9-7-10-14-28)29-15-11-8-12-16-29;1-5(2,3)4/h7,9-10,13-14,17-20,23,29,39H,8,11-12,15-16,21-22,24-25H2,1-6H3;1H3,(H,2,3,4)/q+1;. The first kappa shape index (κ1) is 37.2. The summed E-state index contributed by atoms with van der Waals surface area (Å²) in [5.41, 5.74) is 1.44. The minimum absolute atomic E-state index is 0.0968. The van der Waals surface area contributed by atoms with Crippen molar-refractivity contribution < 1.29 is 36.5 Å². The van der Waals surface area contributed by atoms with E-state index >= 15 is 0 Å². The molecule has 46 heavy (non-hydrogen) atoms. The molecule has 10 nitrogen and oxygen atoms in total. The van der Waals surface area contributed by atoms with Crippen LogP contribution in [0.1, 0.15) is 81.2 Å². The molecule has 254 valence electrons. The van der Waals surface area contributed by atoms with Crippen LogP contribution in [0.3, 0.4) is 0 Å². The van der Waals surface area contributed by atoms with Gasteiger partial charge in [0.1, 0.15) is 12.1 Å². The molecule has 1 aliphatic rings. The number of ether oxygens (including phenoxy) is 1. The van der Waals surface area contributed by atoms with E-state index in [4.69, 9.17) is 13.7 Å². The first-order chi connectivity index (χ1) is 21.4. The summed E-state index contributed by atoms with van der Waals surface area (Å²) in [6, 6.07) is 18.3. The Bertz CT molecular complexity index is 1480. The maximum Gasteiger partial charge on any atom is 0.410 e. The van der Waals surface area contributed by atoms with Gasteiger partial charge >= 0.3 is 6.09 Å². The maximum absolute atomic E-state index is 12.3. The third-order valence-corrected chi connectivity index (χ3v) is 8.03. The lowest BCUT2D eigenvalue weighted by Gasteiger charge is -2.36. The van der Waals surface area contributed by atoms with Crippen LogP contribution in [0.2, 0.25) is 0 Å². The van der Waals surface area contributed by atoms with Crippen LogP contribution in [0.5, 0.6) is 0 Å². The molecule has 0 aliphatic heterocycles. The largest absolute Gasteiger partial charge is 0.444 e. The zero-order valence-corrected chi connectivity index (χ0v) is 29.2. The van der Waals surface area contributed by atoms with E-state index in [0.29, 0.717) is 25.2 Å². The lowest BCUT2D eigenvalue weighted by Crippen LogP contribution is -2.40. The Morgan fingerprint density at radius 2 is 1.59 bits per heavy atom. The lowest BCUT2D eigenvalue weighted by atomic mass is 9.73. The van der Waals surface area contributed by atoms with Gasteiger partial charge in [-0.2, -0.15) is 8.42 Å². The van der Waals surface area contributed by atoms with Crippen molar-refractivity contribution in [3.05, 3.63) is 89.1 Å². The van der Waals surface area contributed by atoms with Gasteiger partial charge in [0.25, 0.3) is 10.1 Å². The fraction of sp³-hybridized carbons (Fsp3) is 0.543. The van der Waals surface area contributed by atoms with Crippen LogP contribution in [0.25, 0.3) is 0 Å². The van der Waals surface area contributed by atoms with E-state index in [1.807, 2.05) is 51.1 Å². The molecular weight excluding hydrogens is 606 g/mol. The van der Waals surface area contributed by atoms with Gasteiger partial charge in [-0.3, -0.25) is 4.55 Å². The summed E-state index contributed by atoms with van der Waals surface area (Å²) in [6.07, 6.45) is 8.51. The quantitative estimate of drug-likeness (QED) is 0.195. The third-order valence-electron chi connectivity index (χ3n) is 8.03. The predicted octanol–water partition coefficient (Wildman–Crippen LogP) is 6.18. The van der Waals surface area contributed by atoms with E-state index in [2.05, 4.69) is 43.3 Å². The summed E-state index contributed by atoms with van der Waals surface area (Å²) >= 11 is 0. The van der Waals surface area contributed by atoms with Crippen LogP contribution in [-0.4, -0.2) is 78.1 Å². The first-order valence-electron chi connectivity index (χ1n) is 15.9. The van der Waals surface area contributed by atoms with E-state index in [9.17, 15) is 18.3 Å². The van der Waals surface area contributed by atoms with Gasteiger partial charge in [0.15, 0.2) is 11.4 Å². The molecule has 0 saturated heterocycles. The maximum atomic E-state index is 12.3. The second kappa shape index (κ2) is 15.6. The fourth-order valence-electron chi connectivity index (χ4n) is 5.73. The number of nitrogens with zero attached hydrogens (tertiary/aromatic N) is 3. The molecule has 2 aromatic carbocycles. The molecule has 1 aromatic heterocycles. The zero-order chi connectivity index (χ0) is 34.2. The van der Waals surface area contributed by atoms with Crippen molar-refractivity contribution in [1.82, 2.24) is 9.88 Å². The molecule has 4 rings (SSSR count). The summed E-state index contributed by atoms with van der Waals surface area (Å²) in [5.74, 6) is 1.30. The van der Waals surface area contributed by atoms with E-state index in [-0.39, 0.29) is 12.0 Å². The molecule has 1 fully saturated rings. The Balaban J connectivity index is 0.00000107. The molecule has 1 aliphatic carbocycles. The van der Waals surface area contributed by atoms with E-state index in [1.54, 1.807) is 18.1 Å². The molecule has 1 amide bonds. The summed E-state index contributed by atoms with van der Waals surface area (Å²) in [6.45, 7) is 7.71. The number of carbonyl (C=O) groups is 1. The Morgan fingerprint density at radius 3 is 2.15 bits per heavy atom. The molecule has 1 saturated carbocycles. The molecule has 1 heterocycles. The van der Waals surface area contributed by atoms with Gasteiger partial charge in [-0.1, -0.05) is 73.9 Å². The number of aliphatic hydroxyl groups is 1. The zero-order valence-electron chi connectivity index (χ0n) is 28.4. The Morgan fingerprint density at radius 1 is 1.02 bits per heavy atom. The number of likely N-dealkylation sites (N-methyl/N-ethyl adjacent to an activating group) is 1. The monoisotopic (exact) mass is 658 g/mol. The molecular formula is C35H52N3O7S+. The normalized spacial score (nSPS) is 15.8. The number of rotatable bonds is 10. The van der Waals surface area contributed by atoms with E-state index in [0.717, 1.165) is 60.0 Å². The molecule has 0 radical (unpaired) electrons. The summed E-state index contributed by atoms with van der Waals surface area (Å²) < 4.78 is 38.4. The van der Waals surface area contributed by atoms with Crippen molar-refractivity contribution in [3.63, 3.8) is 0 Å². The van der Waals surface area contributed by atoms with Crippen molar-refractivity contribution in [1.29, 1.82) is 0 Å². The molecule has 11 heteroatoms. The van der Waals surface area contributed by atoms with E-state index < -0.39 is 21.3 Å². The third kappa shape index (κ3) is 11.8. The molecule has 0 spiro atoms.